The Bertz CT molecular complexity index is 951. The van der Waals surface area contributed by atoms with Crippen LogP contribution in [0, 0.1) is 0 Å². The summed E-state index contributed by atoms with van der Waals surface area (Å²) in [7, 11) is 0. The lowest BCUT2D eigenvalue weighted by Crippen LogP contribution is -2.35. The number of H-pyrrole nitrogens is 1. The van der Waals surface area contributed by atoms with Gasteiger partial charge in [-0.2, -0.15) is 0 Å². The topological polar surface area (TPSA) is 79.9 Å². The van der Waals surface area contributed by atoms with Gasteiger partial charge in [-0.15, -0.1) is 0 Å². The van der Waals surface area contributed by atoms with E-state index in [1.165, 1.54) is 0 Å². The molecule has 0 bridgehead atoms. The number of hydrogen-bond acceptors (Lipinski definition) is 5. The van der Waals surface area contributed by atoms with Crippen LogP contribution in [0.2, 0.25) is 0 Å². The number of para-hydroxylation sites is 1. The number of fused-ring (bicyclic) bond motifs is 2. The van der Waals surface area contributed by atoms with Gasteiger partial charge >= 0.3 is 0 Å². The van der Waals surface area contributed by atoms with Crippen molar-refractivity contribution in [1.82, 2.24) is 20.3 Å². The highest BCUT2D eigenvalue weighted by Gasteiger charge is 2.35. The lowest BCUT2D eigenvalue weighted by atomic mass is 9.92. The predicted octanol–water partition coefficient (Wildman–Crippen LogP) is 3.08. The van der Waals surface area contributed by atoms with E-state index in [-0.39, 0.29) is 5.78 Å². The van der Waals surface area contributed by atoms with Crippen molar-refractivity contribution >= 4 is 5.78 Å². The first-order valence-electron chi connectivity index (χ1n) is 9.08. The van der Waals surface area contributed by atoms with E-state index in [1.54, 1.807) is 12.3 Å². The molecule has 6 heteroatoms. The number of hydrogen-bond donors (Lipinski definition) is 2. The Morgan fingerprint density at radius 2 is 2.15 bits per heavy atom. The van der Waals surface area contributed by atoms with Gasteiger partial charge in [0.2, 0.25) is 11.9 Å². The molecule has 1 fully saturated rings. The van der Waals surface area contributed by atoms with E-state index < -0.39 is 6.10 Å². The van der Waals surface area contributed by atoms with Crippen LogP contribution >= 0.6 is 0 Å². The zero-order chi connectivity index (χ0) is 17.7. The molecule has 0 aliphatic carbocycles. The van der Waals surface area contributed by atoms with Gasteiger partial charge in [0.25, 0.3) is 0 Å². The number of ketones is 1. The van der Waals surface area contributed by atoms with Gasteiger partial charge in [0.1, 0.15) is 17.3 Å². The Morgan fingerprint density at radius 1 is 1.27 bits per heavy atom. The number of nitrogens with zero attached hydrogens (tertiary/aromatic N) is 2. The van der Waals surface area contributed by atoms with E-state index >= 15 is 0 Å². The standard InChI is InChI=1S/C20H20N4O2/c1-11-8-12(6-7-21-11)20-22-10-16-14(24-20)9-15(23-16)19-18(25)13-4-2-3-5-17(13)26-19/h2-5,9-12,19,21H,6-8H2,1H3,(H,22,24). The normalized spacial score (nSPS) is 25.3. The molecule has 132 valence electrons. The summed E-state index contributed by atoms with van der Waals surface area (Å²) in [5.74, 6) is 2.00. The number of carbonyl (C=O) groups is 1. The minimum Gasteiger partial charge on any atom is -0.475 e. The van der Waals surface area contributed by atoms with Crippen molar-refractivity contribution in [3.05, 3.63) is 53.6 Å². The Labute approximate surface area is 151 Å². The highest BCUT2D eigenvalue weighted by molar-refractivity contribution is 6.04. The zero-order valence-corrected chi connectivity index (χ0v) is 14.5. The number of nitrogens with one attached hydrogen (secondary N) is 2. The van der Waals surface area contributed by atoms with Crippen LogP contribution in [0.15, 0.2) is 36.5 Å². The molecular formula is C20H20N4O2. The zero-order valence-electron chi connectivity index (χ0n) is 14.5. The van der Waals surface area contributed by atoms with Crippen LogP contribution in [0.4, 0.5) is 0 Å². The van der Waals surface area contributed by atoms with Gasteiger partial charge < -0.3 is 15.0 Å². The van der Waals surface area contributed by atoms with Crippen LogP contribution in [-0.4, -0.2) is 33.3 Å². The monoisotopic (exact) mass is 348 g/mol. The number of carbonyl (C=O) groups excluding carboxylic acids is 1. The largest absolute Gasteiger partial charge is 0.475 e. The summed E-state index contributed by atoms with van der Waals surface area (Å²) >= 11 is 0. The van der Waals surface area contributed by atoms with Crippen molar-refractivity contribution in [2.24, 2.45) is 0 Å². The lowest BCUT2D eigenvalue weighted by molar-refractivity contribution is 0.0854. The molecule has 2 N–H and O–H groups in total. The quantitative estimate of drug-likeness (QED) is 0.744. The number of ether oxygens (including phenoxy) is 1. The van der Waals surface area contributed by atoms with Crippen molar-refractivity contribution < 1.29 is 9.53 Å². The van der Waals surface area contributed by atoms with E-state index in [0.717, 1.165) is 36.6 Å². The first kappa shape index (κ1) is 15.5. The maximum atomic E-state index is 12.6. The summed E-state index contributed by atoms with van der Waals surface area (Å²) in [6.45, 7) is 3.21. The Balaban J connectivity index is 1.46. The number of aromatic nitrogens is 3. The summed E-state index contributed by atoms with van der Waals surface area (Å²) < 4.78 is 5.84. The third-order valence-corrected chi connectivity index (χ3v) is 5.32. The average molecular weight is 348 g/mol. The second kappa shape index (κ2) is 5.92. The fourth-order valence-electron chi connectivity index (χ4n) is 3.96. The van der Waals surface area contributed by atoms with Crippen LogP contribution < -0.4 is 10.1 Å². The third kappa shape index (κ3) is 2.49. The van der Waals surface area contributed by atoms with Crippen molar-refractivity contribution in [1.29, 1.82) is 0 Å². The molecule has 1 aromatic rings. The fourth-order valence-corrected chi connectivity index (χ4v) is 3.96. The van der Waals surface area contributed by atoms with Gasteiger partial charge in [-0.1, -0.05) is 12.1 Å². The maximum absolute atomic E-state index is 12.6. The van der Waals surface area contributed by atoms with Crippen LogP contribution in [-0.2, 0) is 0 Å². The van der Waals surface area contributed by atoms with E-state index in [2.05, 4.69) is 27.2 Å². The number of benzene rings is 1. The molecule has 0 radical (unpaired) electrons. The molecule has 1 saturated heterocycles. The minimum atomic E-state index is -0.671. The maximum Gasteiger partial charge on any atom is 0.213 e. The summed E-state index contributed by atoms with van der Waals surface area (Å²) in [6, 6.07) is 9.74. The van der Waals surface area contributed by atoms with Gasteiger partial charge in [-0.25, -0.2) is 9.97 Å². The van der Waals surface area contributed by atoms with Gasteiger partial charge in [0.15, 0.2) is 0 Å². The fraction of sp³-hybridized carbons (Fsp3) is 0.350. The first-order chi connectivity index (χ1) is 12.7. The van der Waals surface area contributed by atoms with Crippen molar-refractivity contribution in [3.8, 4) is 17.1 Å². The number of piperidine rings is 1. The molecule has 4 heterocycles. The Morgan fingerprint density at radius 3 is 3.00 bits per heavy atom. The smallest absolute Gasteiger partial charge is 0.213 e. The third-order valence-electron chi connectivity index (χ3n) is 5.32. The molecular weight excluding hydrogens is 328 g/mol. The second-order valence-electron chi connectivity index (χ2n) is 7.18. The van der Waals surface area contributed by atoms with Crippen LogP contribution in [0.25, 0.3) is 11.4 Å². The summed E-state index contributed by atoms with van der Waals surface area (Å²) in [6.07, 6.45) is 3.26. The molecule has 5 rings (SSSR count). The number of aromatic amines is 1. The molecule has 0 amide bonds. The molecule has 3 unspecified atom stereocenters. The van der Waals surface area contributed by atoms with Crippen molar-refractivity contribution in [2.45, 2.75) is 37.8 Å². The highest BCUT2D eigenvalue weighted by atomic mass is 16.5. The van der Waals surface area contributed by atoms with Crippen LogP contribution in [0.5, 0.6) is 5.75 Å². The van der Waals surface area contributed by atoms with E-state index in [1.807, 2.05) is 24.3 Å². The van der Waals surface area contributed by atoms with E-state index in [4.69, 9.17) is 4.74 Å². The van der Waals surface area contributed by atoms with Gasteiger partial charge in [0, 0.05) is 12.0 Å². The van der Waals surface area contributed by atoms with Gasteiger partial charge in [-0.3, -0.25) is 4.79 Å². The van der Waals surface area contributed by atoms with E-state index in [0.29, 0.717) is 29.0 Å². The molecule has 4 aliphatic rings. The molecule has 0 spiro atoms. The van der Waals surface area contributed by atoms with Gasteiger partial charge in [-0.05, 0) is 44.5 Å². The second-order valence-corrected chi connectivity index (χ2v) is 7.18. The number of Topliss-reactive ketones (excluding diaryl/α,β-unsaturated/α-hetero) is 1. The Hall–Kier alpha value is -2.73. The van der Waals surface area contributed by atoms with Crippen molar-refractivity contribution in [2.75, 3.05) is 6.54 Å². The molecule has 26 heavy (non-hydrogen) atoms. The Kier molecular flexibility index (Phi) is 3.53. The first-order valence-corrected chi connectivity index (χ1v) is 9.08. The minimum absolute atomic E-state index is 0.0382. The highest BCUT2D eigenvalue weighted by Crippen LogP contribution is 2.38. The molecule has 6 nitrogen and oxygen atoms in total. The number of rotatable bonds is 2. The summed E-state index contributed by atoms with van der Waals surface area (Å²) in [5, 5.41) is 3.47. The molecule has 0 aromatic heterocycles. The summed E-state index contributed by atoms with van der Waals surface area (Å²) in [4.78, 5) is 25.2. The molecule has 3 atom stereocenters. The molecule has 1 aromatic carbocycles. The lowest BCUT2D eigenvalue weighted by Gasteiger charge is -2.27. The summed E-state index contributed by atoms with van der Waals surface area (Å²) in [5.41, 5.74) is 2.92. The van der Waals surface area contributed by atoms with Crippen LogP contribution in [0.3, 0.4) is 0 Å². The van der Waals surface area contributed by atoms with Crippen molar-refractivity contribution in [3.63, 3.8) is 0 Å². The van der Waals surface area contributed by atoms with Crippen LogP contribution in [0.1, 0.15) is 53.7 Å². The van der Waals surface area contributed by atoms with Gasteiger partial charge in [0.05, 0.1) is 23.1 Å². The molecule has 4 aliphatic heterocycles. The average Bonchev–Trinajstić information content (AvgIpc) is 3.22. The SMILES string of the molecule is CC1CC(c2ncc3nc(C4Oc5ccccc5C4=O)cc-3[nH]2)CCN1. The molecule has 0 saturated carbocycles. The van der Waals surface area contributed by atoms with E-state index in [9.17, 15) is 4.79 Å². The predicted molar refractivity (Wildman–Crippen MR) is 96.6 cm³/mol.